The van der Waals surface area contributed by atoms with Crippen molar-refractivity contribution in [3.05, 3.63) is 23.8 Å². The molecule has 0 aliphatic heterocycles. The van der Waals surface area contributed by atoms with Gasteiger partial charge in [0.2, 0.25) is 11.8 Å². The molecule has 2 amide bonds. The van der Waals surface area contributed by atoms with Crippen molar-refractivity contribution < 1.29 is 19.1 Å². The number of likely N-dealkylation sites (N-methyl/N-ethyl adjacent to an activating group) is 1. The van der Waals surface area contributed by atoms with Crippen molar-refractivity contribution in [1.82, 2.24) is 9.80 Å². The molecule has 134 valence electrons. The molecular formula is C18H28N2O4. The number of hydrogen-bond donors (Lipinski definition) is 0. The Morgan fingerprint density at radius 3 is 2.42 bits per heavy atom. The molecule has 0 radical (unpaired) electrons. The highest BCUT2D eigenvalue weighted by Crippen LogP contribution is 2.27. The monoisotopic (exact) mass is 336 g/mol. The first-order valence-corrected chi connectivity index (χ1v) is 8.14. The molecule has 0 atom stereocenters. The predicted molar refractivity (Wildman–Crippen MR) is 93.4 cm³/mol. The SMILES string of the molecule is CCCN(CC(=O)N(C)C)C(=O)CCOc1ccc(C)cc1OC. The molecule has 0 unspecified atom stereocenters. The zero-order valence-electron chi connectivity index (χ0n) is 15.3. The first kappa shape index (κ1) is 19.8. The molecule has 0 spiro atoms. The van der Waals surface area contributed by atoms with E-state index in [4.69, 9.17) is 9.47 Å². The van der Waals surface area contributed by atoms with Crippen LogP contribution in [-0.2, 0) is 9.59 Å². The topological polar surface area (TPSA) is 59.1 Å². The van der Waals surface area contributed by atoms with Crippen LogP contribution in [0.15, 0.2) is 18.2 Å². The van der Waals surface area contributed by atoms with E-state index in [0.717, 1.165) is 12.0 Å². The van der Waals surface area contributed by atoms with E-state index in [1.807, 2.05) is 32.0 Å². The molecule has 24 heavy (non-hydrogen) atoms. The molecule has 6 nitrogen and oxygen atoms in total. The Kier molecular flexibility index (Phi) is 8.09. The van der Waals surface area contributed by atoms with Gasteiger partial charge in [-0.05, 0) is 31.0 Å². The highest BCUT2D eigenvalue weighted by molar-refractivity contribution is 5.84. The molecule has 0 N–H and O–H groups in total. The second-order valence-corrected chi connectivity index (χ2v) is 5.86. The highest BCUT2D eigenvalue weighted by Gasteiger charge is 2.17. The van der Waals surface area contributed by atoms with Crippen molar-refractivity contribution in [2.24, 2.45) is 0 Å². The zero-order valence-corrected chi connectivity index (χ0v) is 15.3. The summed E-state index contributed by atoms with van der Waals surface area (Å²) in [6.07, 6.45) is 1.02. The average Bonchev–Trinajstić information content (AvgIpc) is 2.55. The molecule has 0 heterocycles. The van der Waals surface area contributed by atoms with Gasteiger partial charge < -0.3 is 19.3 Å². The van der Waals surface area contributed by atoms with Crippen LogP contribution in [0.4, 0.5) is 0 Å². The quantitative estimate of drug-likeness (QED) is 0.693. The van der Waals surface area contributed by atoms with Crippen LogP contribution in [0.5, 0.6) is 11.5 Å². The molecule has 1 aromatic rings. The molecule has 0 aliphatic carbocycles. The van der Waals surface area contributed by atoms with Gasteiger partial charge in [0.1, 0.15) is 0 Å². The van der Waals surface area contributed by atoms with E-state index in [-0.39, 0.29) is 31.4 Å². The molecule has 0 saturated heterocycles. The average molecular weight is 336 g/mol. The van der Waals surface area contributed by atoms with E-state index in [1.54, 1.807) is 26.1 Å². The van der Waals surface area contributed by atoms with Crippen LogP contribution < -0.4 is 9.47 Å². The minimum Gasteiger partial charge on any atom is -0.493 e. The van der Waals surface area contributed by atoms with Gasteiger partial charge in [-0.3, -0.25) is 9.59 Å². The third-order valence-electron chi connectivity index (χ3n) is 3.56. The summed E-state index contributed by atoms with van der Waals surface area (Å²) < 4.78 is 10.9. The van der Waals surface area contributed by atoms with Crippen LogP contribution in [0, 0.1) is 6.92 Å². The van der Waals surface area contributed by atoms with Gasteiger partial charge in [-0.2, -0.15) is 0 Å². The van der Waals surface area contributed by atoms with Crippen molar-refractivity contribution in [2.45, 2.75) is 26.7 Å². The maximum absolute atomic E-state index is 12.3. The number of amides is 2. The number of aryl methyl sites for hydroxylation is 1. The van der Waals surface area contributed by atoms with Gasteiger partial charge in [-0.1, -0.05) is 13.0 Å². The van der Waals surface area contributed by atoms with Crippen molar-refractivity contribution in [3.63, 3.8) is 0 Å². The highest BCUT2D eigenvalue weighted by atomic mass is 16.5. The second-order valence-electron chi connectivity index (χ2n) is 5.86. The Morgan fingerprint density at radius 1 is 1.12 bits per heavy atom. The molecule has 0 saturated carbocycles. The fourth-order valence-electron chi connectivity index (χ4n) is 2.17. The smallest absolute Gasteiger partial charge is 0.241 e. The number of nitrogens with zero attached hydrogens (tertiary/aromatic N) is 2. The number of methoxy groups -OCH3 is 1. The molecule has 1 aromatic carbocycles. The van der Waals surface area contributed by atoms with E-state index in [2.05, 4.69) is 0 Å². The summed E-state index contributed by atoms with van der Waals surface area (Å²) in [5.41, 5.74) is 1.08. The summed E-state index contributed by atoms with van der Waals surface area (Å²) >= 11 is 0. The summed E-state index contributed by atoms with van der Waals surface area (Å²) in [5.74, 6) is 1.09. The fourth-order valence-corrected chi connectivity index (χ4v) is 2.17. The molecule has 6 heteroatoms. The number of rotatable bonds is 9. The van der Waals surface area contributed by atoms with Gasteiger partial charge in [0.05, 0.1) is 26.7 Å². The lowest BCUT2D eigenvalue weighted by Crippen LogP contribution is -2.41. The third-order valence-corrected chi connectivity index (χ3v) is 3.56. The second kappa shape index (κ2) is 9.80. The van der Waals surface area contributed by atoms with Gasteiger partial charge in [0, 0.05) is 20.6 Å². The van der Waals surface area contributed by atoms with Crippen molar-refractivity contribution >= 4 is 11.8 Å². The number of carbonyl (C=O) groups excluding carboxylic acids is 2. The molecule has 0 fully saturated rings. The first-order chi connectivity index (χ1) is 11.4. The van der Waals surface area contributed by atoms with Gasteiger partial charge in [0.25, 0.3) is 0 Å². The maximum Gasteiger partial charge on any atom is 0.241 e. The van der Waals surface area contributed by atoms with Crippen LogP contribution in [0.25, 0.3) is 0 Å². The Bertz CT molecular complexity index is 558. The van der Waals surface area contributed by atoms with Gasteiger partial charge >= 0.3 is 0 Å². The van der Waals surface area contributed by atoms with Gasteiger partial charge in [-0.25, -0.2) is 0 Å². The lowest BCUT2D eigenvalue weighted by molar-refractivity contribution is -0.139. The fraction of sp³-hybridized carbons (Fsp3) is 0.556. The standard InChI is InChI=1S/C18H28N2O4/c1-6-10-20(13-18(22)19(3)4)17(21)9-11-24-15-8-7-14(2)12-16(15)23-5/h7-8,12H,6,9-11,13H2,1-5H3. The van der Waals surface area contributed by atoms with Crippen molar-refractivity contribution in [2.75, 3.05) is 40.9 Å². The largest absolute Gasteiger partial charge is 0.493 e. The van der Waals surface area contributed by atoms with Gasteiger partial charge in [-0.15, -0.1) is 0 Å². The summed E-state index contributed by atoms with van der Waals surface area (Å²) in [4.78, 5) is 27.2. The summed E-state index contributed by atoms with van der Waals surface area (Å²) in [6.45, 7) is 4.86. The summed E-state index contributed by atoms with van der Waals surface area (Å²) in [6, 6.07) is 5.65. The molecule has 0 aliphatic rings. The molecular weight excluding hydrogens is 308 g/mol. The molecule has 1 rings (SSSR count). The Balaban J connectivity index is 2.58. The lowest BCUT2D eigenvalue weighted by Gasteiger charge is -2.23. The number of hydrogen-bond acceptors (Lipinski definition) is 4. The van der Waals surface area contributed by atoms with Crippen LogP contribution in [0.2, 0.25) is 0 Å². The lowest BCUT2D eigenvalue weighted by atomic mass is 10.2. The van der Waals surface area contributed by atoms with E-state index in [9.17, 15) is 9.59 Å². The maximum atomic E-state index is 12.3. The van der Waals surface area contributed by atoms with Crippen molar-refractivity contribution in [1.29, 1.82) is 0 Å². The Labute approximate surface area is 144 Å². The zero-order chi connectivity index (χ0) is 18.1. The van der Waals surface area contributed by atoms with Crippen LogP contribution in [0.3, 0.4) is 0 Å². The number of ether oxygens (including phenoxy) is 2. The normalized spacial score (nSPS) is 10.2. The summed E-state index contributed by atoms with van der Waals surface area (Å²) in [5, 5.41) is 0. The van der Waals surface area contributed by atoms with Crippen LogP contribution >= 0.6 is 0 Å². The predicted octanol–water partition coefficient (Wildman–Crippen LogP) is 2.10. The minimum atomic E-state index is -0.0853. The number of carbonyl (C=O) groups is 2. The van der Waals surface area contributed by atoms with Gasteiger partial charge in [0.15, 0.2) is 11.5 Å². The molecule has 0 aromatic heterocycles. The third kappa shape index (κ3) is 6.10. The van der Waals surface area contributed by atoms with E-state index in [0.29, 0.717) is 18.0 Å². The minimum absolute atomic E-state index is 0.0851. The van der Waals surface area contributed by atoms with Crippen molar-refractivity contribution in [3.8, 4) is 11.5 Å². The van der Waals surface area contributed by atoms with Crippen LogP contribution in [-0.4, -0.2) is 62.5 Å². The Morgan fingerprint density at radius 2 is 1.83 bits per heavy atom. The number of benzene rings is 1. The van der Waals surface area contributed by atoms with E-state index in [1.165, 1.54) is 4.90 Å². The first-order valence-electron chi connectivity index (χ1n) is 8.14. The van der Waals surface area contributed by atoms with E-state index < -0.39 is 0 Å². The molecule has 0 bridgehead atoms. The van der Waals surface area contributed by atoms with E-state index >= 15 is 0 Å². The summed E-state index contributed by atoms with van der Waals surface area (Å²) in [7, 11) is 4.95. The van der Waals surface area contributed by atoms with Crippen LogP contribution in [0.1, 0.15) is 25.3 Å². The Hall–Kier alpha value is -2.24.